The van der Waals surface area contributed by atoms with Crippen molar-refractivity contribution in [1.29, 1.82) is 0 Å². The van der Waals surface area contributed by atoms with Gasteiger partial charge in [-0.1, -0.05) is 24.0 Å². The van der Waals surface area contributed by atoms with Crippen molar-refractivity contribution in [2.24, 2.45) is 0 Å². The zero-order valence-corrected chi connectivity index (χ0v) is 10.6. The largest absolute Gasteiger partial charge is 0.487 e. The Labute approximate surface area is 115 Å². The van der Waals surface area contributed by atoms with Crippen LogP contribution >= 0.6 is 0 Å². The molecule has 102 valence electrons. The van der Waals surface area contributed by atoms with E-state index in [1.807, 2.05) is 0 Å². The number of ether oxygens (including phenoxy) is 1. The molecular formula is C16H12F2O2. The second-order valence-electron chi connectivity index (χ2n) is 3.98. The summed E-state index contributed by atoms with van der Waals surface area (Å²) in [5.74, 6) is 4.66. The maximum Gasteiger partial charge on any atom is 0.135 e. The predicted octanol–water partition coefficient (Wildman–Crippen LogP) is 2.89. The molecular weight excluding hydrogens is 262 g/mol. The molecule has 0 bridgehead atoms. The molecule has 0 aromatic heterocycles. The lowest BCUT2D eigenvalue weighted by molar-refractivity contribution is 0.298. The highest BCUT2D eigenvalue weighted by atomic mass is 19.1. The van der Waals surface area contributed by atoms with Crippen LogP contribution < -0.4 is 4.74 Å². The van der Waals surface area contributed by atoms with Gasteiger partial charge in [0.2, 0.25) is 0 Å². The third-order valence-electron chi connectivity index (χ3n) is 2.58. The fraction of sp³-hybridized carbons (Fsp3) is 0.125. The van der Waals surface area contributed by atoms with Gasteiger partial charge in [-0.3, -0.25) is 0 Å². The molecule has 0 saturated heterocycles. The van der Waals surface area contributed by atoms with Crippen molar-refractivity contribution in [3.63, 3.8) is 0 Å². The first-order valence-corrected chi connectivity index (χ1v) is 5.96. The van der Waals surface area contributed by atoms with E-state index in [0.29, 0.717) is 11.3 Å². The van der Waals surface area contributed by atoms with Crippen LogP contribution in [0.4, 0.5) is 8.78 Å². The van der Waals surface area contributed by atoms with Gasteiger partial charge in [-0.25, -0.2) is 8.78 Å². The van der Waals surface area contributed by atoms with Crippen LogP contribution in [-0.4, -0.2) is 11.7 Å². The van der Waals surface area contributed by atoms with Crippen molar-refractivity contribution in [3.8, 4) is 17.6 Å². The predicted molar refractivity (Wildman–Crippen MR) is 71.1 cm³/mol. The minimum absolute atomic E-state index is 0.0958. The van der Waals surface area contributed by atoms with Crippen molar-refractivity contribution in [2.75, 3.05) is 6.61 Å². The fourth-order valence-electron chi connectivity index (χ4n) is 1.64. The van der Waals surface area contributed by atoms with Gasteiger partial charge in [-0.05, 0) is 30.3 Å². The molecule has 2 aromatic carbocycles. The number of benzene rings is 2. The van der Waals surface area contributed by atoms with Gasteiger partial charge in [0.1, 0.15) is 30.6 Å². The minimum Gasteiger partial charge on any atom is -0.487 e. The van der Waals surface area contributed by atoms with Crippen molar-refractivity contribution in [1.82, 2.24) is 0 Å². The normalized spacial score (nSPS) is 9.75. The lowest BCUT2D eigenvalue weighted by atomic mass is 10.2. The van der Waals surface area contributed by atoms with Gasteiger partial charge in [-0.2, -0.15) is 0 Å². The molecule has 0 radical (unpaired) electrons. The third-order valence-corrected chi connectivity index (χ3v) is 2.58. The van der Waals surface area contributed by atoms with E-state index < -0.39 is 11.6 Å². The Bertz CT molecular complexity index is 657. The van der Waals surface area contributed by atoms with Crippen LogP contribution in [0.3, 0.4) is 0 Å². The van der Waals surface area contributed by atoms with Crippen LogP contribution in [0.1, 0.15) is 11.1 Å². The summed E-state index contributed by atoms with van der Waals surface area (Å²) in [6.07, 6.45) is 0. The summed E-state index contributed by atoms with van der Waals surface area (Å²) in [6, 6.07) is 10.1. The van der Waals surface area contributed by atoms with Crippen LogP contribution in [0.25, 0.3) is 0 Å². The molecule has 0 fully saturated rings. The van der Waals surface area contributed by atoms with Crippen molar-refractivity contribution in [2.45, 2.75) is 6.61 Å². The third kappa shape index (κ3) is 3.56. The molecule has 0 unspecified atom stereocenters. The Morgan fingerprint density at radius 2 is 1.90 bits per heavy atom. The molecule has 0 aliphatic carbocycles. The number of rotatable bonds is 3. The van der Waals surface area contributed by atoms with Gasteiger partial charge in [0, 0.05) is 5.56 Å². The van der Waals surface area contributed by atoms with E-state index in [4.69, 9.17) is 9.84 Å². The second kappa shape index (κ2) is 6.69. The molecule has 4 heteroatoms. The standard InChI is InChI=1S/C16H12F2O2/c17-14-7-8-15(18)13(10-14)11-20-16-6-2-1-4-12(16)5-3-9-19/h1-2,4,6-8,10,19H,9,11H2. The number of hydrogen-bond donors (Lipinski definition) is 1. The van der Waals surface area contributed by atoms with Gasteiger partial charge in [0.15, 0.2) is 0 Å². The summed E-state index contributed by atoms with van der Waals surface area (Å²) in [7, 11) is 0. The summed E-state index contributed by atoms with van der Waals surface area (Å²) in [5.41, 5.74) is 0.716. The first-order valence-electron chi connectivity index (χ1n) is 5.96. The molecule has 0 aliphatic heterocycles. The van der Waals surface area contributed by atoms with Crippen molar-refractivity contribution >= 4 is 0 Å². The SMILES string of the molecule is OCC#Cc1ccccc1OCc1cc(F)ccc1F. The summed E-state index contributed by atoms with van der Waals surface area (Å²) in [5, 5.41) is 8.69. The lowest BCUT2D eigenvalue weighted by Crippen LogP contribution is -2.00. The highest BCUT2D eigenvalue weighted by molar-refractivity contribution is 5.46. The Morgan fingerprint density at radius 3 is 2.70 bits per heavy atom. The monoisotopic (exact) mass is 274 g/mol. The minimum atomic E-state index is -0.523. The van der Waals surface area contributed by atoms with Gasteiger partial charge in [0.25, 0.3) is 0 Å². The summed E-state index contributed by atoms with van der Waals surface area (Å²) >= 11 is 0. The molecule has 0 amide bonds. The van der Waals surface area contributed by atoms with E-state index in [1.54, 1.807) is 24.3 Å². The van der Waals surface area contributed by atoms with Crippen LogP contribution in [0.15, 0.2) is 42.5 Å². The number of aliphatic hydroxyl groups is 1. The van der Waals surface area contributed by atoms with Crippen molar-refractivity contribution < 1.29 is 18.6 Å². The Kier molecular flexibility index (Phi) is 4.70. The molecule has 1 N–H and O–H groups in total. The molecule has 0 atom stereocenters. The Hall–Kier alpha value is -2.38. The molecule has 2 rings (SSSR count). The van der Waals surface area contributed by atoms with Crippen LogP contribution in [-0.2, 0) is 6.61 Å². The Balaban J connectivity index is 2.17. The maximum absolute atomic E-state index is 13.5. The highest BCUT2D eigenvalue weighted by Gasteiger charge is 2.06. The molecule has 0 aliphatic rings. The molecule has 2 aromatic rings. The van der Waals surface area contributed by atoms with Crippen LogP contribution in [0.2, 0.25) is 0 Å². The first-order chi connectivity index (χ1) is 9.70. The van der Waals surface area contributed by atoms with E-state index in [0.717, 1.165) is 18.2 Å². The molecule has 0 spiro atoms. The smallest absolute Gasteiger partial charge is 0.135 e. The fourth-order valence-corrected chi connectivity index (χ4v) is 1.64. The average Bonchev–Trinajstić information content (AvgIpc) is 2.47. The average molecular weight is 274 g/mol. The van der Waals surface area contributed by atoms with Crippen LogP contribution in [0, 0.1) is 23.5 Å². The lowest BCUT2D eigenvalue weighted by Gasteiger charge is -2.09. The zero-order chi connectivity index (χ0) is 14.4. The molecule has 0 heterocycles. The first kappa shape index (κ1) is 14.0. The van der Waals surface area contributed by atoms with Crippen molar-refractivity contribution in [3.05, 3.63) is 65.2 Å². The van der Waals surface area contributed by atoms with Gasteiger partial charge in [-0.15, -0.1) is 0 Å². The van der Waals surface area contributed by atoms with Crippen LogP contribution in [0.5, 0.6) is 5.75 Å². The molecule has 20 heavy (non-hydrogen) atoms. The topological polar surface area (TPSA) is 29.5 Å². The van der Waals surface area contributed by atoms with E-state index in [1.165, 1.54) is 0 Å². The number of halogens is 2. The van der Waals surface area contributed by atoms with E-state index in [2.05, 4.69) is 11.8 Å². The molecule has 0 saturated carbocycles. The summed E-state index contributed by atoms with van der Waals surface area (Å²) in [6.45, 7) is -0.353. The van der Waals surface area contributed by atoms with E-state index in [9.17, 15) is 8.78 Å². The highest BCUT2D eigenvalue weighted by Crippen LogP contribution is 2.19. The maximum atomic E-state index is 13.5. The quantitative estimate of drug-likeness (QED) is 0.872. The number of hydrogen-bond acceptors (Lipinski definition) is 2. The Morgan fingerprint density at radius 1 is 1.10 bits per heavy atom. The summed E-state index contributed by atoms with van der Waals surface area (Å²) in [4.78, 5) is 0. The van der Waals surface area contributed by atoms with Gasteiger partial charge in [0.05, 0.1) is 5.56 Å². The van der Waals surface area contributed by atoms with E-state index in [-0.39, 0.29) is 18.8 Å². The molecule has 2 nitrogen and oxygen atoms in total. The summed E-state index contributed by atoms with van der Waals surface area (Å²) < 4.78 is 32.0. The number of aliphatic hydroxyl groups excluding tert-OH is 1. The van der Waals surface area contributed by atoms with Gasteiger partial charge >= 0.3 is 0 Å². The van der Waals surface area contributed by atoms with E-state index >= 15 is 0 Å². The number of para-hydroxylation sites is 1. The van der Waals surface area contributed by atoms with Gasteiger partial charge < -0.3 is 9.84 Å². The zero-order valence-electron chi connectivity index (χ0n) is 10.6. The second-order valence-corrected chi connectivity index (χ2v) is 3.98.